The van der Waals surface area contributed by atoms with Crippen molar-refractivity contribution in [2.45, 2.75) is 6.92 Å². The number of rotatable bonds is 3. The number of ether oxygens (including phenoxy) is 2. The summed E-state index contributed by atoms with van der Waals surface area (Å²) in [5.41, 5.74) is 0.229. The molecule has 1 aromatic carbocycles. The van der Waals surface area contributed by atoms with E-state index in [1.807, 2.05) is 0 Å². The molecule has 0 heterocycles. The molecule has 0 unspecified atom stereocenters. The van der Waals surface area contributed by atoms with Gasteiger partial charge in [0.05, 0.1) is 7.11 Å². The maximum Gasteiger partial charge on any atom is 0.488 e. The molecule has 1 rings (SSSR count). The van der Waals surface area contributed by atoms with E-state index in [0.717, 1.165) is 0 Å². The van der Waals surface area contributed by atoms with Crippen LogP contribution in [0.3, 0.4) is 0 Å². The van der Waals surface area contributed by atoms with E-state index in [4.69, 9.17) is 19.5 Å². The highest BCUT2D eigenvalue weighted by atomic mass is 16.6. The molecule has 0 aliphatic heterocycles. The van der Waals surface area contributed by atoms with Gasteiger partial charge in [-0.2, -0.15) is 0 Å². The van der Waals surface area contributed by atoms with Gasteiger partial charge >= 0.3 is 13.1 Å². The van der Waals surface area contributed by atoms with E-state index in [9.17, 15) is 4.79 Å². The maximum absolute atomic E-state index is 10.8. The van der Waals surface area contributed by atoms with E-state index >= 15 is 0 Å². The van der Waals surface area contributed by atoms with Gasteiger partial charge in [0.2, 0.25) is 0 Å². The van der Waals surface area contributed by atoms with Crippen molar-refractivity contribution in [2.75, 3.05) is 7.11 Å². The quantitative estimate of drug-likeness (QED) is 0.392. The average Bonchev–Trinajstić information content (AvgIpc) is 2.16. The van der Waals surface area contributed by atoms with Crippen LogP contribution < -0.4 is 14.9 Å². The molecule has 0 spiro atoms. The third kappa shape index (κ3) is 2.97. The van der Waals surface area contributed by atoms with Crippen LogP contribution in [0.4, 0.5) is 0 Å². The summed E-state index contributed by atoms with van der Waals surface area (Å²) in [4.78, 5) is 10.8. The topological polar surface area (TPSA) is 76.0 Å². The summed E-state index contributed by atoms with van der Waals surface area (Å²) in [7, 11) is -0.178. The molecular weight excluding hydrogens is 199 g/mol. The number of hydrogen-bond donors (Lipinski definition) is 2. The van der Waals surface area contributed by atoms with Gasteiger partial charge in [-0.3, -0.25) is 4.79 Å². The van der Waals surface area contributed by atoms with Crippen molar-refractivity contribution < 1.29 is 24.3 Å². The number of hydrogen-bond acceptors (Lipinski definition) is 5. The second-order valence-electron chi connectivity index (χ2n) is 2.88. The summed E-state index contributed by atoms with van der Waals surface area (Å²) in [5, 5.41) is 17.8. The van der Waals surface area contributed by atoms with Crippen molar-refractivity contribution in [3.05, 3.63) is 18.2 Å². The lowest BCUT2D eigenvalue weighted by Crippen LogP contribution is -2.29. The van der Waals surface area contributed by atoms with Crippen molar-refractivity contribution in [3.8, 4) is 11.5 Å². The Hall–Kier alpha value is -1.53. The Labute approximate surface area is 87.4 Å². The summed E-state index contributed by atoms with van der Waals surface area (Å²) in [5.74, 6) is 0.0167. The first-order valence-corrected chi connectivity index (χ1v) is 4.27. The number of methoxy groups -OCH3 is 1. The Bertz CT molecular complexity index is 364. The molecule has 0 fully saturated rings. The molecule has 0 aliphatic carbocycles. The predicted octanol–water partition coefficient (Wildman–Crippen LogP) is -0.700. The molecule has 0 bridgehead atoms. The lowest BCUT2D eigenvalue weighted by atomic mass is 9.80. The molecule has 0 amide bonds. The predicted molar refractivity (Wildman–Crippen MR) is 54.1 cm³/mol. The summed E-state index contributed by atoms with van der Waals surface area (Å²) in [6.07, 6.45) is 0. The van der Waals surface area contributed by atoms with Crippen LogP contribution in [0.25, 0.3) is 0 Å². The van der Waals surface area contributed by atoms with E-state index in [1.165, 1.54) is 32.2 Å². The Morgan fingerprint density at radius 1 is 1.33 bits per heavy atom. The van der Waals surface area contributed by atoms with Crippen molar-refractivity contribution in [1.29, 1.82) is 0 Å². The third-order valence-electron chi connectivity index (χ3n) is 1.74. The van der Waals surface area contributed by atoms with Crippen LogP contribution in [0, 0.1) is 0 Å². The maximum atomic E-state index is 10.8. The van der Waals surface area contributed by atoms with E-state index in [2.05, 4.69) is 0 Å². The second-order valence-corrected chi connectivity index (χ2v) is 2.88. The summed E-state index contributed by atoms with van der Waals surface area (Å²) in [6.45, 7) is 1.25. The highest BCUT2D eigenvalue weighted by Crippen LogP contribution is 2.25. The summed E-state index contributed by atoms with van der Waals surface area (Å²) in [6, 6.07) is 4.30. The molecule has 15 heavy (non-hydrogen) atoms. The molecule has 0 saturated carbocycles. The van der Waals surface area contributed by atoms with Crippen LogP contribution in [-0.4, -0.2) is 30.2 Å². The molecule has 0 atom stereocenters. The second kappa shape index (κ2) is 4.81. The lowest BCUT2D eigenvalue weighted by molar-refractivity contribution is -0.132. The zero-order valence-corrected chi connectivity index (χ0v) is 8.43. The minimum atomic E-state index is -1.61. The molecule has 80 valence electrons. The highest BCUT2D eigenvalue weighted by molar-refractivity contribution is 6.58. The van der Waals surface area contributed by atoms with Gasteiger partial charge in [0.15, 0.2) is 11.5 Å². The number of carbonyl (C=O) groups excluding carboxylic acids is 1. The monoisotopic (exact) mass is 210 g/mol. The zero-order chi connectivity index (χ0) is 11.4. The Morgan fingerprint density at radius 2 is 2.00 bits per heavy atom. The molecule has 5 nitrogen and oxygen atoms in total. The number of benzene rings is 1. The first-order chi connectivity index (χ1) is 7.04. The van der Waals surface area contributed by atoms with Crippen molar-refractivity contribution in [1.82, 2.24) is 0 Å². The molecule has 0 saturated heterocycles. The molecule has 1 aromatic rings. The highest BCUT2D eigenvalue weighted by Gasteiger charge is 2.15. The van der Waals surface area contributed by atoms with Crippen LogP contribution in [0.1, 0.15) is 6.92 Å². The van der Waals surface area contributed by atoms with Crippen molar-refractivity contribution >= 4 is 18.6 Å². The van der Waals surface area contributed by atoms with Gasteiger partial charge in [-0.05, 0) is 17.6 Å². The third-order valence-corrected chi connectivity index (χ3v) is 1.74. The zero-order valence-electron chi connectivity index (χ0n) is 8.43. The van der Waals surface area contributed by atoms with E-state index < -0.39 is 13.1 Å². The van der Waals surface area contributed by atoms with Gasteiger partial charge in [-0.15, -0.1) is 0 Å². The molecular formula is C9H11BO5. The standard InChI is InChI=1S/C9H11BO5/c1-6(11)15-9-5-7(10(12)13)3-4-8(9)14-2/h3-5,12-13H,1-2H3. The van der Waals surface area contributed by atoms with Gasteiger partial charge in [0, 0.05) is 6.92 Å². The van der Waals surface area contributed by atoms with Crippen LogP contribution in [0.2, 0.25) is 0 Å². The lowest BCUT2D eigenvalue weighted by Gasteiger charge is -2.09. The van der Waals surface area contributed by atoms with E-state index in [0.29, 0.717) is 5.75 Å². The van der Waals surface area contributed by atoms with Crippen LogP contribution in [0.5, 0.6) is 11.5 Å². The SMILES string of the molecule is COc1ccc(B(O)O)cc1OC(C)=O. The number of carbonyl (C=O) groups is 1. The number of esters is 1. The molecule has 0 radical (unpaired) electrons. The first-order valence-electron chi connectivity index (χ1n) is 4.27. The van der Waals surface area contributed by atoms with Crippen LogP contribution in [-0.2, 0) is 4.79 Å². The Kier molecular flexibility index (Phi) is 3.71. The molecule has 0 aliphatic rings. The fourth-order valence-electron chi connectivity index (χ4n) is 1.09. The average molecular weight is 210 g/mol. The normalized spacial score (nSPS) is 9.60. The summed E-state index contributed by atoms with van der Waals surface area (Å²) < 4.78 is 9.78. The van der Waals surface area contributed by atoms with E-state index in [1.54, 1.807) is 0 Å². The van der Waals surface area contributed by atoms with Crippen LogP contribution >= 0.6 is 0 Å². The summed E-state index contributed by atoms with van der Waals surface area (Å²) >= 11 is 0. The van der Waals surface area contributed by atoms with Gasteiger partial charge in [-0.25, -0.2) is 0 Å². The Balaban J connectivity index is 3.07. The van der Waals surface area contributed by atoms with Gasteiger partial charge < -0.3 is 19.5 Å². The smallest absolute Gasteiger partial charge is 0.488 e. The Morgan fingerprint density at radius 3 is 2.47 bits per heavy atom. The first kappa shape index (κ1) is 11.5. The fourth-order valence-corrected chi connectivity index (χ4v) is 1.09. The minimum absolute atomic E-state index is 0.163. The fraction of sp³-hybridized carbons (Fsp3) is 0.222. The van der Waals surface area contributed by atoms with Crippen LogP contribution in [0.15, 0.2) is 18.2 Å². The van der Waals surface area contributed by atoms with Gasteiger partial charge in [0.1, 0.15) is 0 Å². The van der Waals surface area contributed by atoms with Crippen molar-refractivity contribution in [3.63, 3.8) is 0 Å². The molecule has 6 heteroatoms. The van der Waals surface area contributed by atoms with Gasteiger partial charge in [0.25, 0.3) is 0 Å². The van der Waals surface area contributed by atoms with Crippen molar-refractivity contribution in [2.24, 2.45) is 0 Å². The molecule has 0 aromatic heterocycles. The minimum Gasteiger partial charge on any atom is -0.493 e. The largest absolute Gasteiger partial charge is 0.493 e. The van der Waals surface area contributed by atoms with E-state index in [-0.39, 0.29) is 11.2 Å². The molecule has 2 N–H and O–H groups in total. The van der Waals surface area contributed by atoms with Gasteiger partial charge in [-0.1, -0.05) is 6.07 Å².